The summed E-state index contributed by atoms with van der Waals surface area (Å²) in [5, 5.41) is 16.9. The Labute approximate surface area is 96.6 Å². The first-order valence-electron chi connectivity index (χ1n) is 5.42. The van der Waals surface area contributed by atoms with E-state index >= 15 is 0 Å². The predicted molar refractivity (Wildman–Crippen MR) is 59.6 cm³/mol. The molecule has 6 nitrogen and oxygen atoms in total. The third kappa shape index (κ3) is 1.60. The summed E-state index contributed by atoms with van der Waals surface area (Å²) < 4.78 is 7.48. The number of hydrogen-bond donors (Lipinski definition) is 1. The zero-order chi connectivity index (χ0) is 11.0. The molecule has 1 aliphatic rings. The molecule has 0 radical (unpaired) electrons. The highest BCUT2D eigenvalue weighted by Crippen LogP contribution is 2.24. The van der Waals surface area contributed by atoms with E-state index < -0.39 is 0 Å². The van der Waals surface area contributed by atoms with Crippen LogP contribution in [0, 0.1) is 0 Å². The Morgan fingerprint density at radius 1 is 1.56 bits per heavy atom. The lowest BCUT2D eigenvalue weighted by Gasteiger charge is -2.21. The largest absolute Gasteiger partial charge is 0.368 e. The first-order chi connectivity index (χ1) is 7.88. The first-order valence-corrected chi connectivity index (χ1v) is 6.23. The molecule has 1 fully saturated rings. The van der Waals surface area contributed by atoms with Gasteiger partial charge in [0, 0.05) is 19.5 Å². The van der Waals surface area contributed by atoms with Gasteiger partial charge >= 0.3 is 0 Å². The fourth-order valence-corrected chi connectivity index (χ4v) is 2.65. The molecule has 1 atom stereocenters. The van der Waals surface area contributed by atoms with Crippen LogP contribution in [-0.2, 0) is 11.2 Å². The average molecular weight is 239 g/mol. The third-order valence-electron chi connectivity index (χ3n) is 2.59. The molecule has 3 heterocycles. The average Bonchev–Trinajstić information content (AvgIpc) is 2.89. The molecule has 7 heteroatoms. The van der Waals surface area contributed by atoms with Gasteiger partial charge in [-0.15, -0.1) is 10.2 Å². The van der Waals surface area contributed by atoms with E-state index in [1.165, 1.54) is 0 Å². The van der Waals surface area contributed by atoms with Crippen molar-refractivity contribution in [1.82, 2.24) is 25.1 Å². The van der Waals surface area contributed by atoms with Crippen LogP contribution in [0.25, 0.3) is 4.96 Å². The summed E-state index contributed by atoms with van der Waals surface area (Å²) in [6, 6.07) is 0. The van der Waals surface area contributed by atoms with Crippen LogP contribution in [0.2, 0.25) is 0 Å². The van der Waals surface area contributed by atoms with E-state index in [-0.39, 0.29) is 6.10 Å². The Bertz CT molecular complexity index is 487. The standard InChI is InChI=1S/C9H13N5OS/c1-2-7-11-12-9-14(7)13-8(16-9)6-5-10-3-4-15-6/h6,10H,2-5H2,1H3. The maximum atomic E-state index is 5.66. The second-order valence-corrected chi connectivity index (χ2v) is 4.66. The van der Waals surface area contributed by atoms with Crippen molar-refractivity contribution in [2.24, 2.45) is 0 Å². The van der Waals surface area contributed by atoms with Gasteiger partial charge in [-0.05, 0) is 0 Å². The Hall–Kier alpha value is -1.05. The summed E-state index contributed by atoms with van der Waals surface area (Å²) in [6.07, 6.45) is 0.902. The lowest BCUT2D eigenvalue weighted by atomic mass is 10.3. The van der Waals surface area contributed by atoms with Gasteiger partial charge in [-0.1, -0.05) is 18.3 Å². The van der Waals surface area contributed by atoms with Crippen molar-refractivity contribution >= 4 is 16.3 Å². The molecular weight excluding hydrogens is 226 g/mol. The number of nitrogens with zero attached hydrogens (tertiary/aromatic N) is 4. The molecule has 86 valence electrons. The SMILES string of the molecule is CCc1nnc2sc(C3CNCCO3)nn12. The van der Waals surface area contributed by atoms with Crippen molar-refractivity contribution in [3.8, 4) is 0 Å². The van der Waals surface area contributed by atoms with Crippen molar-refractivity contribution in [3.05, 3.63) is 10.8 Å². The molecule has 0 aliphatic carbocycles. The van der Waals surface area contributed by atoms with Crippen LogP contribution < -0.4 is 5.32 Å². The summed E-state index contributed by atoms with van der Waals surface area (Å²) in [7, 11) is 0. The lowest BCUT2D eigenvalue weighted by Crippen LogP contribution is -2.33. The van der Waals surface area contributed by atoms with Crippen molar-refractivity contribution < 1.29 is 4.74 Å². The van der Waals surface area contributed by atoms with Crippen LogP contribution in [0.3, 0.4) is 0 Å². The van der Waals surface area contributed by atoms with Crippen LogP contribution >= 0.6 is 11.3 Å². The van der Waals surface area contributed by atoms with Gasteiger partial charge in [0.2, 0.25) is 4.96 Å². The molecule has 1 saturated heterocycles. The van der Waals surface area contributed by atoms with E-state index in [1.54, 1.807) is 11.3 Å². The molecular formula is C9H13N5OS. The van der Waals surface area contributed by atoms with E-state index in [1.807, 2.05) is 11.4 Å². The number of aryl methyl sites for hydroxylation is 1. The van der Waals surface area contributed by atoms with Crippen LogP contribution in [0.5, 0.6) is 0 Å². The molecule has 3 rings (SSSR count). The molecule has 1 aliphatic heterocycles. The molecule has 0 amide bonds. The summed E-state index contributed by atoms with van der Waals surface area (Å²) in [4.78, 5) is 0.848. The van der Waals surface area contributed by atoms with Crippen LogP contribution in [0.1, 0.15) is 23.9 Å². The molecule has 0 saturated carbocycles. The van der Waals surface area contributed by atoms with Gasteiger partial charge in [-0.3, -0.25) is 0 Å². The van der Waals surface area contributed by atoms with Gasteiger partial charge in [-0.25, -0.2) is 0 Å². The second kappa shape index (κ2) is 4.08. The minimum atomic E-state index is 0.0603. The monoisotopic (exact) mass is 239 g/mol. The molecule has 0 spiro atoms. The number of morpholine rings is 1. The van der Waals surface area contributed by atoms with Gasteiger partial charge in [0.15, 0.2) is 5.82 Å². The van der Waals surface area contributed by atoms with Gasteiger partial charge in [0.25, 0.3) is 0 Å². The molecule has 1 N–H and O–H groups in total. The highest BCUT2D eigenvalue weighted by molar-refractivity contribution is 7.16. The maximum absolute atomic E-state index is 5.66. The van der Waals surface area contributed by atoms with Crippen LogP contribution in [0.4, 0.5) is 0 Å². The number of ether oxygens (including phenoxy) is 1. The zero-order valence-electron chi connectivity index (χ0n) is 9.01. The van der Waals surface area contributed by atoms with Crippen molar-refractivity contribution in [2.75, 3.05) is 19.7 Å². The quantitative estimate of drug-likeness (QED) is 0.822. The minimum Gasteiger partial charge on any atom is -0.368 e. The Morgan fingerprint density at radius 3 is 3.25 bits per heavy atom. The number of nitrogens with one attached hydrogen (secondary N) is 1. The maximum Gasteiger partial charge on any atom is 0.234 e. The van der Waals surface area contributed by atoms with E-state index in [4.69, 9.17) is 4.74 Å². The van der Waals surface area contributed by atoms with Crippen LogP contribution in [0.15, 0.2) is 0 Å². The number of hydrogen-bond acceptors (Lipinski definition) is 6. The van der Waals surface area contributed by atoms with Crippen molar-refractivity contribution in [2.45, 2.75) is 19.4 Å². The predicted octanol–water partition coefficient (Wildman–Crippen LogP) is 0.409. The summed E-state index contributed by atoms with van der Waals surface area (Å²) in [6.45, 7) is 4.53. The molecule has 0 bridgehead atoms. The van der Waals surface area contributed by atoms with E-state index in [2.05, 4.69) is 20.6 Å². The molecule has 2 aromatic heterocycles. The number of rotatable bonds is 2. The number of aromatic nitrogens is 4. The van der Waals surface area contributed by atoms with E-state index in [9.17, 15) is 0 Å². The molecule has 1 unspecified atom stereocenters. The highest BCUT2D eigenvalue weighted by Gasteiger charge is 2.21. The van der Waals surface area contributed by atoms with Gasteiger partial charge < -0.3 is 10.1 Å². The first kappa shape index (κ1) is 10.1. The Kier molecular flexibility index (Phi) is 2.58. The zero-order valence-corrected chi connectivity index (χ0v) is 9.83. The minimum absolute atomic E-state index is 0.0603. The third-order valence-corrected chi connectivity index (χ3v) is 3.58. The van der Waals surface area contributed by atoms with E-state index in [0.29, 0.717) is 0 Å². The van der Waals surface area contributed by atoms with Gasteiger partial charge in [0.05, 0.1) is 6.61 Å². The topological polar surface area (TPSA) is 64.3 Å². The molecule has 16 heavy (non-hydrogen) atoms. The van der Waals surface area contributed by atoms with Gasteiger partial charge in [-0.2, -0.15) is 9.61 Å². The smallest absolute Gasteiger partial charge is 0.234 e. The lowest BCUT2D eigenvalue weighted by molar-refractivity contribution is 0.0270. The molecule has 0 aromatic carbocycles. The second-order valence-electron chi connectivity index (χ2n) is 3.67. The van der Waals surface area contributed by atoms with Crippen molar-refractivity contribution in [1.29, 1.82) is 0 Å². The van der Waals surface area contributed by atoms with Crippen molar-refractivity contribution in [3.63, 3.8) is 0 Å². The Balaban J connectivity index is 1.94. The van der Waals surface area contributed by atoms with Gasteiger partial charge in [0.1, 0.15) is 11.1 Å². The highest BCUT2D eigenvalue weighted by atomic mass is 32.1. The van der Waals surface area contributed by atoms with Crippen LogP contribution in [-0.4, -0.2) is 39.5 Å². The van der Waals surface area contributed by atoms with E-state index in [0.717, 1.165) is 41.9 Å². The fraction of sp³-hybridized carbons (Fsp3) is 0.667. The summed E-state index contributed by atoms with van der Waals surface area (Å²) >= 11 is 1.55. The fourth-order valence-electron chi connectivity index (χ4n) is 1.75. The Morgan fingerprint density at radius 2 is 2.50 bits per heavy atom. The summed E-state index contributed by atoms with van der Waals surface area (Å²) in [5.41, 5.74) is 0. The molecule has 2 aromatic rings. The summed E-state index contributed by atoms with van der Waals surface area (Å²) in [5.74, 6) is 0.904. The number of fused-ring (bicyclic) bond motifs is 1. The normalized spacial score (nSPS) is 21.7.